The number of ether oxygens (including phenoxy) is 1. The molecule has 7 heteroatoms. The molecule has 1 aliphatic rings. The molecule has 0 saturated carbocycles. The van der Waals surface area contributed by atoms with Gasteiger partial charge in [0, 0.05) is 12.2 Å². The second-order valence-electron chi connectivity index (χ2n) is 6.31. The van der Waals surface area contributed by atoms with Gasteiger partial charge in [-0.15, -0.1) is 0 Å². The molecule has 138 valence electrons. The van der Waals surface area contributed by atoms with Crippen molar-refractivity contribution in [2.75, 3.05) is 18.5 Å². The normalized spacial score (nSPS) is 14.8. The fourth-order valence-electron chi connectivity index (χ4n) is 3.05. The number of sulfonamides is 1. The summed E-state index contributed by atoms with van der Waals surface area (Å²) < 4.78 is 32.0. The van der Waals surface area contributed by atoms with Gasteiger partial charge in [-0.05, 0) is 68.8 Å². The molecule has 1 N–H and O–H groups in total. The highest BCUT2D eigenvalue weighted by atomic mass is 32.2. The van der Waals surface area contributed by atoms with Crippen LogP contribution in [0.5, 0.6) is 5.75 Å². The maximum Gasteiger partial charge on any atom is 0.267 e. The standard InChI is InChI=1S/C19H22N2O4S/c1-13-5-4-6-16(11-13)25-14(2)19(22)21-10-9-15-12-17(7-8-18(15)21)26(23,24)20-3/h4-8,11-12,14,20H,9-10H2,1-3H3. The third-order valence-corrected chi connectivity index (χ3v) is 5.85. The predicted molar refractivity (Wildman–Crippen MR) is 100 cm³/mol. The van der Waals surface area contributed by atoms with E-state index in [-0.39, 0.29) is 10.8 Å². The molecule has 0 spiro atoms. The van der Waals surface area contributed by atoms with E-state index >= 15 is 0 Å². The second kappa shape index (κ2) is 7.09. The first-order valence-corrected chi connectivity index (χ1v) is 9.91. The zero-order chi connectivity index (χ0) is 18.9. The Morgan fingerprint density at radius 2 is 2.00 bits per heavy atom. The van der Waals surface area contributed by atoms with Crippen LogP contribution in [-0.2, 0) is 21.2 Å². The lowest BCUT2D eigenvalue weighted by Gasteiger charge is -2.22. The van der Waals surface area contributed by atoms with Crippen molar-refractivity contribution in [2.24, 2.45) is 0 Å². The minimum absolute atomic E-state index is 0.144. The van der Waals surface area contributed by atoms with Crippen LogP contribution in [0, 0.1) is 6.92 Å². The van der Waals surface area contributed by atoms with Gasteiger partial charge in [0.05, 0.1) is 4.90 Å². The lowest BCUT2D eigenvalue weighted by Crippen LogP contribution is -2.39. The minimum Gasteiger partial charge on any atom is -0.481 e. The molecule has 2 aromatic rings. The number of amides is 1. The van der Waals surface area contributed by atoms with Crippen molar-refractivity contribution in [3.05, 3.63) is 53.6 Å². The van der Waals surface area contributed by atoms with Crippen LogP contribution in [0.25, 0.3) is 0 Å². The largest absolute Gasteiger partial charge is 0.481 e. The number of anilines is 1. The highest BCUT2D eigenvalue weighted by Crippen LogP contribution is 2.31. The van der Waals surface area contributed by atoms with Gasteiger partial charge in [-0.3, -0.25) is 4.79 Å². The van der Waals surface area contributed by atoms with Crippen molar-refractivity contribution in [3.63, 3.8) is 0 Å². The van der Waals surface area contributed by atoms with Crippen LogP contribution in [0.2, 0.25) is 0 Å². The van der Waals surface area contributed by atoms with Crippen molar-refractivity contribution in [1.29, 1.82) is 0 Å². The van der Waals surface area contributed by atoms with Crippen LogP contribution >= 0.6 is 0 Å². The highest BCUT2D eigenvalue weighted by Gasteiger charge is 2.30. The molecule has 1 atom stereocenters. The first-order valence-electron chi connectivity index (χ1n) is 8.43. The molecule has 0 aromatic heterocycles. The van der Waals surface area contributed by atoms with Gasteiger partial charge in [0.1, 0.15) is 5.75 Å². The molecule has 1 unspecified atom stereocenters. The lowest BCUT2D eigenvalue weighted by molar-refractivity contribution is -0.124. The molecule has 0 saturated heterocycles. The minimum atomic E-state index is -3.50. The third kappa shape index (κ3) is 3.59. The molecule has 1 aliphatic heterocycles. The van der Waals surface area contributed by atoms with E-state index in [1.807, 2.05) is 31.2 Å². The van der Waals surface area contributed by atoms with Crippen LogP contribution in [0.3, 0.4) is 0 Å². The molecule has 2 aromatic carbocycles. The maximum absolute atomic E-state index is 12.8. The summed E-state index contributed by atoms with van der Waals surface area (Å²) in [6.07, 6.45) is -0.0193. The first-order chi connectivity index (χ1) is 12.3. The van der Waals surface area contributed by atoms with E-state index < -0.39 is 16.1 Å². The van der Waals surface area contributed by atoms with Crippen LogP contribution in [-0.4, -0.2) is 34.0 Å². The van der Waals surface area contributed by atoms with Crippen molar-refractivity contribution >= 4 is 21.6 Å². The summed E-state index contributed by atoms with van der Waals surface area (Å²) in [5.74, 6) is 0.509. The molecule has 26 heavy (non-hydrogen) atoms. The lowest BCUT2D eigenvalue weighted by atomic mass is 10.2. The van der Waals surface area contributed by atoms with Gasteiger partial charge in [-0.1, -0.05) is 12.1 Å². The summed E-state index contributed by atoms with van der Waals surface area (Å²) in [5.41, 5.74) is 2.65. The number of carbonyl (C=O) groups excluding carboxylic acids is 1. The van der Waals surface area contributed by atoms with Crippen molar-refractivity contribution in [2.45, 2.75) is 31.3 Å². The van der Waals surface area contributed by atoms with Crippen molar-refractivity contribution < 1.29 is 17.9 Å². The summed E-state index contributed by atoms with van der Waals surface area (Å²) in [6.45, 7) is 4.20. The number of nitrogens with zero attached hydrogens (tertiary/aromatic N) is 1. The van der Waals surface area contributed by atoms with Crippen LogP contribution in [0.15, 0.2) is 47.4 Å². The van der Waals surface area contributed by atoms with Crippen molar-refractivity contribution in [3.8, 4) is 5.75 Å². The molecule has 1 heterocycles. The average Bonchev–Trinajstić information content (AvgIpc) is 3.04. The molecule has 0 bridgehead atoms. The van der Waals surface area contributed by atoms with Crippen LogP contribution < -0.4 is 14.4 Å². The van der Waals surface area contributed by atoms with Gasteiger partial charge < -0.3 is 9.64 Å². The van der Waals surface area contributed by atoms with Gasteiger partial charge >= 0.3 is 0 Å². The molecule has 0 fully saturated rings. The Kier molecular flexibility index (Phi) is 5.02. The second-order valence-corrected chi connectivity index (χ2v) is 8.20. The van der Waals surface area contributed by atoms with Gasteiger partial charge in [0.2, 0.25) is 10.0 Å². The van der Waals surface area contributed by atoms with Crippen molar-refractivity contribution in [1.82, 2.24) is 4.72 Å². The summed E-state index contributed by atoms with van der Waals surface area (Å²) in [7, 11) is -2.12. The molecule has 3 rings (SSSR count). The molecule has 1 amide bonds. The number of hydrogen-bond acceptors (Lipinski definition) is 4. The van der Waals surface area contributed by atoms with E-state index in [0.29, 0.717) is 18.7 Å². The zero-order valence-electron chi connectivity index (χ0n) is 15.0. The molecular weight excluding hydrogens is 352 g/mol. The van der Waals surface area contributed by atoms with E-state index in [2.05, 4.69) is 4.72 Å². The van der Waals surface area contributed by atoms with Gasteiger partial charge in [0.25, 0.3) is 5.91 Å². The van der Waals surface area contributed by atoms with Gasteiger partial charge in [-0.25, -0.2) is 13.1 Å². The summed E-state index contributed by atoms with van der Waals surface area (Å²) in [4.78, 5) is 14.7. The SMILES string of the molecule is CNS(=O)(=O)c1ccc2c(c1)CCN2C(=O)C(C)Oc1cccc(C)c1. The van der Waals surface area contributed by atoms with E-state index in [9.17, 15) is 13.2 Å². The van der Waals surface area contributed by atoms with Gasteiger partial charge in [0.15, 0.2) is 6.10 Å². The zero-order valence-corrected chi connectivity index (χ0v) is 15.8. The Bertz CT molecular complexity index is 940. The number of fused-ring (bicyclic) bond motifs is 1. The van der Waals surface area contributed by atoms with E-state index in [4.69, 9.17) is 4.74 Å². The summed E-state index contributed by atoms with van der Waals surface area (Å²) >= 11 is 0. The summed E-state index contributed by atoms with van der Waals surface area (Å²) in [5, 5.41) is 0. The number of carbonyl (C=O) groups is 1. The Balaban J connectivity index is 1.79. The Hall–Kier alpha value is -2.38. The summed E-state index contributed by atoms with van der Waals surface area (Å²) in [6, 6.07) is 12.4. The van der Waals surface area contributed by atoms with Crippen LogP contribution in [0.4, 0.5) is 5.69 Å². The number of hydrogen-bond donors (Lipinski definition) is 1. The topological polar surface area (TPSA) is 75.7 Å². The monoisotopic (exact) mass is 374 g/mol. The van der Waals surface area contributed by atoms with E-state index in [1.54, 1.807) is 24.0 Å². The number of benzene rings is 2. The third-order valence-electron chi connectivity index (χ3n) is 4.44. The first kappa shape index (κ1) is 18.4. The maximum atomic E-state index is 12.8. The Labute approximate surface area is 153 Å². The fraction of sp³-hybridized carbons (Fsp3) is 0.316. The van der Waals surface area contributed by atoms with E-state index in [0.717, 1.165) is 16.8 Å². The Morgan fingerprint density at radius 1 is 1.23 bits per heavy atom. The molecule has 0 aliphatic carbocycles. The van der Waals surface area contributed by atoms with E-state index in [1.165, 1.54) is 13.1 Å². The molecule has 0 radical (unpaired) electrons. The highest BCUT2D eigenvalue weighted by molar-refractivity contribution is 7.89. The fourth-order valence-corrected chi connectivity index (χ4v) is 3.84. The number of rotatable bonds is 5. The van der Waals surface area contributed by atoms with Gasteiger partial charge in [-0.2, -0.15) is 0 Å². The quantitative estimate of drug-likeness (QED) is 0.871. The van der Waals surface area contributed by atoms with Crippen LogP contribution in [0.1, 0.15) is 18.1 Å². The Morgan fingerprint density at radius 3 is 2.69 bits per heavy atom. The molecular formula is C19H22N2O4S. The number of nitrogens with one attached hydrogen (secondary N) is 1. The average molecular weight is 374 g/mol. The smallest absolute Gasteiger partial charge is 0.267 e. The molecule has 6 nitrogen and oxygen atoms in total. The predicted octanol–water partition coefficient (Wildman–Crippen LogP) is 2.26. The number of aryl methyl sites for hydroxylation is 1.